The fraction of sp³-hybridized carbons (Fsp3) is 0.455. The summed E-state index contributed by atoms with van der Waals surface area (Å²) in [5.41, 5.74) is 1.09. The highest BCUT2D eigenvalue weighted by Crippen LogP contribution is 2.10. The van der Waals surface area contributed by atoms with Crippen LogP contribution in [0, 0.1) is 0 Å². The molecule has 2 heteroatoms. The van der Waals surface area contributed by atoms with Crippen molar-refractivity contribution in [3.8, 4) is 0 Å². The van der Waals surface area contributed by atoms with Crippen LogP contribution in [0.4, 0.5) is 4.39 Å². The molecule has 0 aliphatic heterocycles. The van der Waals surface area contributed by atoms with Gasteiger partial charge in [-0.25, -0.2) is 0 Å². The molecule has 70 valence electrons. The SMILES string of the molecule is CCB(C)C(F)Cc1ccccc1. The summed E-state index contributed by atoms with van der Waals surface area (Å²) in [6.07, 6.45) is 0.761. The van der Waals surface area contributed by atoms with E-state index in [1.165, 1.54) is 0 Å². The third kappa shape index (κ3) is 3.21. The van der Waals surface area contributed by atoms with Gasteiger partial charge in [0, 0.05) is 0 Å². The first-order valence-corrected chi connectivity index (χ1v) is 4.92. The molecular formula is C11H16BF. The number of benzene rings is 1. The molecule has 1 atom stereocenters. The molecule has 1 rings (SSSR count). The second kappa shape index (κ2) is 5.06. The maximum Gasteiger partial charge on any atom is 0.179 e. The molecule has 0 saturated carbocycles. The highest BCUT2D eigenvalue weighted by molar-refractivity contribution is 6.58. The summed E-state index contributed by atoms with van der Waals surface area (Å²) >= 11 is 0. The van der Waals surface area contributed by atoms with Crippen molar-refractivity contribution in [1.29, 1.82) is 0 Å². The van der Waals surface area contributed by atoms with Crippen molar-refractivity contribution in [2.45, 2.75) is 32.6 Å². The molecule has 0 bridgehead atoms. The molecule has 0 aliphatic rings. The third-order valence-electron chi connectivity index (χ3n) is 2.53. The molecule has 1 aromatic carbocycles. The second-order valence-electron chi connectivity index (χ2n) is 3.59. The molecule has 0 N–H and O–H groups in total. The van der Waals surface area contributed by atoms with E-state index in [4.69, 9.17) is 0 Å². The Morgan fingerprint density at radius 3 is 2.46 bits per heavy atom. The summed E-state index contributed by atoms with van der Waals surface area (Å²) in [7, 11) is 0. The van der Waals surface area contributed by atoms with Gasteiger partial charge in [-0.2, -0.15) is 0 Å². The van der Waals surface area contributed by atoms with Crippen LogP contribution in [0.15, 0.2) is 30.3 Å². The Bertz CT molecular complexity index is 235. The normalized spacial score (nSPS) is 12.5. The van der Waals surface area contributed by atoms with E-state index in [1.54, 1.807) is 0 Å². The molecule has 0 amide bonds. The minimum absolute atomic E-state index is 0.167. The quantitative estimate of drug-likeness (QED) is 0.620. The lowest BCUT2D eigenvalue weighted by Gasteiger charge is -2.11. The van der Waals surface area contributed by atoms with Crippen molar-refractivity contribution in [2.75, 3.05) is 0 Å². The van der Waals surface area contributed by atoms with Crippen LogP contribution in [0.25, 0.3) is 0 Å². The van der Waals surface area contributed by atoms with Crippen LogP contribution in [0.5, 0.6) is 0 Å². The van der Waals surface area contributed by atoms with Gasteiger partial charge in [0.2, 0.25) is 0 Å². The van der Waals surface area contributed by atoms with Crippen LogP contribution < -0.4 is 0 Å². The topological polar surface area (TPSA) is 0 Å². The van der Waals surface area contributed by atoms with Crippen LogP contribution in [0.2, 0.25) is 13.1 Å². The zero-order valence-electron chi connectivity index (χ0n) is 8.33. The highest BCUT2D eigenvalue weighted by Gasteiger charge is 2.17. The predicted molar refractivity (Wildman–Crippen MR) is 57.1 cm³/mol. The fourth-order valence-electron chi connectivity index (χ4n) is 1.30. The summed E-state index contributed by atoms with van der Waals surface area (Å²) in [6.45, 7) is 4.16. The maximum absolute atomic E-state index is 13.5. The summed E-state index contributed by atoms with van der Waals surface area (Å²) < 4.78 is 13.5. The van der Waals surface area contributed by atoms with E-state index in [0.717, 1.165) is 11.9 Å². The van der Waals surface area contributed by atoms with Crippen LogP contribution in [-0.2, 0) is 6.42 Å². The maximum atomic E-state index is 13.5. The Morgan fingerprint density at radius 2 is 1.92 bits per heavy atom. The Morgan fingerprint density at radius 1 is 1.31 bits per heavy atom. The van der Waals surface area contributed by atoms with Gasteiger partial charge in [-0.1, -0.05) is 50.4 Å². The van der Waals surface area contributed by atoms with Crippen LogP contribution in [0.1, 0.15) is 12.5 Å². The molecule has 0 aromatic heterocycles. The predicted octanol–water partition coefficient (Wildman–Crippen LogP) is 3.25. The minimum atomic E-state index is -0.701. The first kappa shape index (κ1) is 10.3. The van der Waals surface area contributed by atoms with Crippen molar-refractivity contribution in [2.24, 2.45) is 0 Å². The number of alkyl halides is 1. The summed E-state index contributed by atoms with van der Waals surface area (Å²) in [5.74, 6) is 0. The minimum Gasteiger partial charge on any atom is -0.256 e. The van der Waals surface area contributed by atoms with Gasteiger partial charge < -0.3 is 0 Å². The molecule has 0 radical (unpaired) electrons. The van der Waals surface area contributed by atoms with E-state index in [1.807, 2.05) is 44.1 Å². The molecule has 0 fully saturated rings. The average Bonchev–Trinajstić information content (AvgIpc) is 2.18. The number of hydrogen-bond donors (Lipinski definition) is 0. The lowest BCUT2D eigenvalue weighted by molar-refractivity contribution is 0.429. The van der Waals surface area contributed by atoms with Gasteiger partial charge in [0.1, 0.15) is 0 Å². The van der Waals surface area contributed by atoms with Gasteiger partial charge in [-0.3, -0.25) is 4.39 Å². The second-order valence-corrected chi connectivity index (χ2v) is 3.59. The molecule has 0 spiro atoms. The van der Waals surface area contributed by atoms with Gasteiger partial charge in [0.25, 0.3) is 0 Å². The Kier molecular flexibility index (Phi) is 4.00. The monoisotopic (exact) mass is 178 g/mol. The molecule has 0 saturated heterocycles. The van der Waals surface area contributed by atoms with E-state index in [9.17, 15) is 4.39 Å². The molecule has 1 aromatic rings. The smallest absolute Gasteiger partial charge is 0.179 e. The Hall–Kier alpha value is -0.785. The van der Waals surface area contributed by atoms with Crippen molar-refractivity contribution < 1.29 is 4.39 Å². The molecule has 13 heavy (non-hydrogen) atoms. The Labute approximate surface area is 80.2 Å². The fourth-order valence-corrected chi connectivity index (χ4v) is 1.30. The first-order chi connectivity index (χ1) is 6.24. The molecule has 0 aliphatic carbocycles. The summed E-state index contributed by atoms with van der Waals surface area (Å²) in [4.78, 5) is 0. The first-order valence-electron chi connectivity index (χ1n) is 4.92. The highest BCUT2D eigenvalue weighted by atomic mass is 19.1. The van der Waals surface area contributed by atoms with Crippen molar-refractivity contribution in [3.05, 3.63) is 35.9 Å². The lowest BCUT2D eigenvalue weighted by Crippen LogP contribution is -2.24. The van der Waals surface area contributed by atoms with E-state index in [-0.39, 0.29) is 6.71 Å². The largest absolute Gasteiger partial charge is 0.256 e. The Balaban J connectivity index is 2.50. The van der Waals surface area contributed by atoms with Crippen molar-refractivity contribution in [1.82, 2.24) is 0 Å². The van der Waals surface area contributed by atoms with Crippen molar-refractivity contribution in [3.63, 3.8) is 0 Å². The van der Waals surface area contributed by atoms with Gasteiger partial charge >= 0.3 is 0 Å². The third-order valence-corrected chi connectivity index (χ3v) is 2.53. The van der Waals surface area contributed by atoms with Crippen molar-refractivity contribution >= 4 is 6.71 Å². The van der Waals surface area contributed by atoms with Gasteiger partial charge in [0.15, 0.2) is 6.71 Å². The van der Waals surface area contributed by atoms with E-state index in [2.05, 4.69) is 0 Å². The van der Waals surface area contributed by atoms with Crippen LogP contribution >= 0.6 is 0 Å². The van der Waals surface area contributed by atoms with E-state index < -0.39 is 6.07 Å². The van der Waals surface area contributed by atoms with E-state index in [0.29, 0.717) is 6.42 Å². The molecule has 0 heterocycles. The van der Waals surface area contributed by atoms with Gasteiger partial charge in [0.05, 0.1) is 6.07 Å². The molecule has 1 unspecified atom stereocenters. The zero-order valence-corrected chi connectivity index (χ0v) is 8.33. The van der Waals surface area contributed by atoms with Gasteiger partial charge in [-0.15, -0.1) is 0 Å². The average molecular weight is 178 g/mol. The summed E-state index contributed by atoms with van der Waals surface area (Å²) in [5, 5.41) is 0. The summed E-state index contributed by atoms with van der Waals surface area (Å²) in [6, 6.07) is 9.83. The standard InChI is InChI=1S/C11H16BF/c1-3-12(2)11(13)9-10-7-5-4-6-8-10/h4-8,11H,3,9H2,1-2H3. The molecular weight excluding hydrogens is 162 g/mol. The number of halogens is 1. The number of rotatable bonds is 4. The van der Waals surface area contributed by atoms with Gasteiger partial charge in [-0.05, 0) is 12.0 Å². The molecule has 0 nitrogen and oxygen atoms in total. The van der Waals surface area contributed by atoms with E-state index >= 15 is 0 Å². The van der Waals surface area contributed by atoms with Crippen LogP contribution in [0.3, 0.4) is 0 Å². The van der Waals surface area contributed by atoms with Crippen LogP contribution in [-0.4, -0.2) is 12.8 Å². The lowest BCUT2D eigenvalue weighted by atomic mass is 9.45. The number of hydrogen-bond acceptors (Lipinski definition) is 0. The zero-order chi connectivity index (χ0) is 9.68.